The van der Waals surface area contributed by atoms with Crippen molar-refractivity contribution in [3.8, 4) is 11.3 Å². The normalized spacial score (nSPS) is 13.2. The van der Waals surface area contributed by atoms with Gasteiger partial charge in [-0.2, -0.15) is 132 Å². The second-order valence-corrected chi connectivity index (χ2v) is 19.3. The zero-order valence-electron chi connectivity index (χ0n) is 40.7. The van der Waals surface area contributed by atoms with Crippen LogP contribution in [0.25, 0.3) is 22.0 Å². The summed E-state index contributed by atoms with van der Waals surface area (Å²) < 4.78 is 344. The molecule has 0 atom stereocenters. The number of ketones is 1. The van der Waals surface area contributed by atoms with Gasteiger partial charge in [0.25, 0.3) is 0 Å². The van der Waals surface area contributed by atoms with Crippen molar-refractivity contribution >= 4 is 60.5 Å². The molecule has 0 fully saturated rings. The predicted molar refractivity (Wildman–Crippen MR) is 258 cm³/mol. The van der Waals surface area contributed by atoms with E-state index in [2.05, 4.69) is 46.3 Å². The molecule has 83 heavy (non-hydrogen) atoms. The number of Topliss-reactive ketones (excluding diaryl/α,β-unsaturated/α-hetero) is 1. The molecule has 7 aromatic carbocycles. The van der Waals surface area contributed by atoms with Gasteiger partial charge < -0.3 is 0 Å². The highest BCUT2D eigenvalue weighted by Crippen LogP contribution is 2.42. The summed E-state index contributed by atoms with van der Waals surface area (Å²) in [6, 6.07) is 19.2. The van der Waals surface area contributed by atoms with E-state index in [1.165, 1.54) is 0 Å². The molecule has 438 valence electrons. The second kappa shape index (κ2) is 22.2. The zero-order chi connectivity index (χ0) is 61.8. The SMILES string of the molecule is FC(F)(F)c1cc([B-](c2cc(C(F)(F)F)cc(C(F)(F)F)c2)(c2cc(C(F)(F)F)cc(C(F)(F)F)c2)c2cc(C(F)(F)F)cc(C(F)(F)F)c2)cc(C(F)(F)F)c1.O=C(C[n+]1ccc2ccccc2c1-c1ccc(Br)cc1)c1ccccc1. The molecule has 28 heteroatoms. The third kappa shape index (κ3) is 14.1. The number of benzene rings is 7. The van der Waals surface area contributed by atoms with Gasteiger partial charge in [-0.15, -0.1) is 0 Å². The monoisotopic (exact) mass is 1270 g/mol. The van der Waals surface area contributed by atoms with E-state index in [1.54, 1.807) is 0 Å². The minimum atomic E-state index is -6.13. The molecular formula is C55H29BBrF24NO. The van der Waals surface area contributed by atoms with E-state index < -0.39 is 195 Å². The van der Waals surface area contributed by atoms with Gasteiger partial charge in [0.05, 0.1) is 49.9 Å². The number of alkyl halides is 24. The molecule has 0 unspecified atom stereocenters. The van der Waals surface area contributed by atoms with Crippen molar-refractivity contribution in [1.29, 1.82) is 0 Å². The van der Waals surface area contributed by atoms with Crippen LogP contribution in [0, 0.1) is 0 Å². The van der Waals surface area contributed by atoms with Crippen LogP contribution in [0.4, 0.5) is 105 Å². The average molecular weight is 1270 g/mol. The van der Waals surface area contributed by atoms with Crippen molar-refractivity contribution in [3.05, 3.63) is 218 Å². The number of hydrogen-bond acceptors (Lipinski definition) is 1. The number of halogens is 25. The molecule has 0 aliphatic rings. The maximum Gasteiger partial charge on any atom is 0.416 e. The quantitative estimate of drug-likeness (QED) is 0.0643. The van der Waals surface area contributed by atoms with E-state index in [0.29, 0.717) is 6.54 Å². The van der Waals surface area contributed by atoms with Gasteiger partial charge >= 0.3 is 49.4 Å². The number of aromatic nitrogens is 1. The van der Waals surface area contributed by atoms with Crippen LogP contribution in [0.2, 0.25) is 0 Å². The third-order valence-corrected chi connectivity index (χ3v) is 13.4. The molecule has 0 bridgehead atoms. The molecule has 0 saturated carbocycles. The summed E-state index contributed by atoms with van der Waals surface area (Å²) in [5.74, 6) is 0.101. The van der Waals surface area contributed by atoms with Gasteiger partial charge in [0, 0.05) is 21.7 Å². The molecule has 1 heterocycles. The number of carbonyl (C=O) groups excluding carboxylic acids is 1. The number of pyridine rings is 1. The summed E-state index contributed by atoms with van der Waals surface area (Å²) in [5.41, 5.74) is -27.3. The number of nitrogens with zero attached hydrogens (tertiary/aromatic N) is 1. The van der Waals surface area contributed by atoms with Gasteiger partial charge in [-0.05, 0) is 60.0 Å². The fraction of sp³-hybridized carbons (Fsp3) is 0.164. The maximum atomic E-state index is 14.2. The fourth-order valence-corrected chi connectivity index (χ4v) is 9.52. The number of hydrogen-bond donors (Lipinski definition) is 0. The van der Waals surface area contributed by atoms with Crippen LogP contribution in [0.1, 0.15) is 54.9 Å². The lowest BCUT2D eigenvalue weighted by molar-refractivity contribution is -0.671. The maximum absolute atomic E-state index is 14.2. The van der Waals surface area contributed by atoms with Crippen molar-refractivity contribution < 1.29 is 115 Å². The molecule has 0 saturated heterocycles. The Hall–Kier alpha value is -7.52. The Balaban J connectivity index is 0.000000313. The Kier molecular flexibility index (Phi) is 16.9. The molecular weight excluding hydrogens is 1240 g/mol. The summed E-state index contributed by atoms with van der Waals surface area (Å²) in [7, 11) is 0. The summed E-state index contributed by atoms with van der Waals surface area (Å²) >= 11 is 3.50. The molecule has 0 N–H and O–H groups in total. The van der Waals surface area contributed by atoms with Crippen LogP contribution in [-0.4, -0.2) is 11.9 Å². The van der Waals surface area contributed by atoms with Crippen molar-refractivity contribution in [2.45, 2.75) is 56.0 Å². The number of carbonyl (C=O) groups is 1. The van der Waals surface area contributed by atoms with E-state index in [9.17, 15) is 110 Å². The smallest absolute Gasteiger partial charge is 0.287 e. The molecule has 0 radical (unpaired) electrons. The zero-order valence-corrected chi connectivity index (χ0v) is 42.3. The minimum absolute atomic E-state index is 0.101. The third-order valence-electron chi connectivity index (χ3n) is 12.9. The van der Waals surface area contributed by atoms with Gasteiger partial charge in [0.2, 0.25) is 18.0 Å². The molecule has 2 nitrogen and oxygen atoms in total. The van der Waals surface area contributed by atoms with Crippen molar-refractivity contribution in [2.75, 3.05) is 0 Å². The lowest BCUT2D eigenvalue weighted by Crippen LogP contribution is -2.75. The molecule has 0 spiro atoms. The first kappa shape index (κ1) is 63.1. The first-order chi connectivity index (χ1) is 38.0. The Morgan fingerprint density at radius 1 is 0.361 bits per heavy atom. The predicted octanol–water partition coefficient (Wildman–Crippen LogP) is 16.7. The molecule has 8 aromatic rings. The van der Waals surface area contributed by atoms with E-state index in [-0.39, 0.29) is 5.78 Å². The van der Waals surface area contributed by atoms with Gasteiger partial charge in [0.1, 0.15) is 6.15 Å². The number of fused-ring (bicyclic) bond motifs is 1. The largest absolute Gasteiger partial charge is 0.416 e. The molecule has 0 amide bonds. The van der Waals surface area contributed by atoms with Gasteiger partial charge in [-0.1, -0.05) is 113 Å². The summed E-state index contributed by atoms with van der Waals surface area (Å²) in [6.45, 7) is 0.306. The van der Waals surface area contributed by atoms with Crippen LogP contribution in [0.15, 0.2) is 168 Å². The fourth-order valence-electron chi connectivity index (χ4n) is 9.26. The van der Waals surface area contributed by atoms with Crippen LogP contribution < -0.4 is 26.4 Å². The summed E-state index contributed by atoms with van der Waals surface area (Å²) in [4.78, 5) is 12.8. The van der Waals surface area contributed by atoms with Crippen molar-refractivity contribution in [1.82, 2.24) is 0 Å². The number of rotatable bonds is 8. The lowest BCUT2D eigenvalue weighted by Gasteiger charge is -2.46. The lowest BCUT2D eigenvalue weighted by atomic mass is 9.12. The van der Waals surface area contributed by atoms with Crippen LogP contribution in [-0.2, 0) is 56.0 Å². The van der Waals surface area contributed by atoms with E-state index >= 15 is 0 Å². The second-order valence-electron chi connectivity index (χ2n) is 18.4. The molecule has 8 rings (SSSR count). The Morgan fingerprint density at radius 2 is 0.651 bits per heavy atom. The first-order valence-electron chi connectivity index (χ1n) is 23.1. The van der Waals surface area contributed by atoms with Gasteiger partial charge in [-0.3, -0.25) is 4.79 Å². The van der Waals surface area contributed by atoms with E-state index in [0.717, 1.165) is 32.1 Å². The first-order valence-corrected chi connectivity index (χ1v) is 23.9. The topological polar surface area (TPSA) is 20.9 Å². The van der Waals surface area contributed by atoms with Crippen molar-refractivity contribution in [2.24, 2.45) is 0 Å². The molecule has 1 aromatic heterocycles. The average Bonchev–Trinajstić information content (AvgIpc) is 1.94. The van der Waals surface area contributed by atoms with Gasteiger partial charge in [-0.25, -0.2) is 0 Å². The Bertz CT molecular complexity index is 3250. The van der Waals surface area contributed by atoms with Crippen molar-refractivity contribution in [3.63, 3.8) is 0 Å². The minimum Gasteiger partial charge on any atom is -0.287 e. The van der Waals surface area contributed by atoms with Crippen LogP contribution >= 0.6 is 15.9 Å². The van der Waals surface area contributed by atoms with E-state index in [1.807, 2.05) is 65.4 Å². The Labute approximate surface area is 459 Å². The van der Waals surface area contributed by atoms with E-state index in [4.69, 9.17) is 0 Å². The highest BCUT2D eigenvalue weighted by Gasteiger charge is 2.47. The summed E-state index contributed by atoms with van der Waals surface area (Å²) in [6.07, 6.45) is -52.8. The van der Waals surface area contributed by atoms with Gasteiger partial charge in [0.15, 0.2) is 6.20 Å². The molecule has 0 aliphatic heterocycles. The molecule has 0 aliphatic carbocycles. The highest BCUT2D eigenvalue weighted by atomic mass is 79.9. The Morgan fingerprint density at radius 3 is 0.952 bits per heavy atom. The van der Waals surface area contributed by atoms with Crippen LogP contribution in [0.5, 0.6) is 0 Å². The highest BCUT2D eigenvalue weighted by molar-refractivity contribution is 9.10. The standard InChI is InChI=1S/C32H12BF24.C23H17BrNO/c34-25(35,36)13-1-14(26(37,38)39)6-21(5-13)33(22-7-15(27(40,41)42)2-16(8-22)28(43,44)45,23-9-17(29(46,47)48)3-18(10-23)30(49,50)51)24-11-19(31(52,53)54)4-20(12-24)32(55,56)57;24-20-12-10-19(11-13-20)23-21-9-5-4-6-17(21)14-15-25(23)16-22(26)18-7-2-1-3-8-18/h1-12H;1-15H,16H2/q-1;+1. The summed E-state index contributed by atoms with van der Waals surface area (Å²) in [5, 5.41) is 2.30. The van der Waals surface area contributed by atoms with Crippen LogP contribution in [0.3, 0.4) is 0 Å².